The van der Waals surface area contributed by atoms with Gasteiger partial charge in [0.05, 0.1) is 10.2 Å². The largest absolute Gasteiger partial charge is 0.326 e. The molecule has 4 rings (SSSR count). The van der Waals surface area contributed by atoms with Crippen LogP contribution >= 0.6 is 11.3 Å². The number of carbonyl (C=O) groups excluding carboxylic acids is 1. The number of anilines is 1. The first-order chi connectivity index (χ1) is 12.2. The molecule has 25 heavy (non-hydrogen) atoms. The SMILES string of the molecule is CC(=O)Nc1ccc(/C=C/c2nc3c(ccc4ccccc43)s2)cc1. The van der Waals surface area contributed by atoms with E-state index in [0.29, 0.717) is 0 Å². The molecule has 1 amide bonds. The van der Waals surface area contributed by atoms with E-state index >= 15 is 0 Å². The summed E-state index contributed by atoms with van der Waals surface area (Å²) in [6, 6.07) is 20.3. The summed E-state index contributed by atoms with van der Waals surface area (Å²) in [5.74, 6) is -0.0648. The molecule has 0 saturated carbocycles. The number of amides is 1. The van der Waals surface area contributed by atoms with Gasteiger partial charge in [-0.1, -0.05) is 48.5 Å². The molecule has 0 bridgehead atoms. The lowest BCUT2D eigenvalue weighted by atomic mass is 10.1. The zero-order chi connectivity index (χ0) is 17.2. The fourth-order valence-electron chi connectivity index (χ4n) is 2.80. The number of aromatic nitrogens is 1. The van der Waals surface area contributed by atoms with Crippen LogP contribution in [0.4, 0.5) is 5.69 Å². The second kappa shape index (κ2) is 6.49. The third-order valence-electron chi connectivity index (χ3n) is 3.95. The quantitative estimate of drug-likeness (QED) is 0.527. The van der Waals surface area contributed by atoms with Crippen molar-refractivity contribution in [3.05, 3.63) is 71.2 Å². The Morgan fingerprint density at radius 2 is 1.80 bits per heavy atom. The van der Waals surface area contributed by atoms with Crippen molar-refractivity contribution < 1.29 is 4.79 Å². The van der Waals surface area contributed by atoms with E-state index in [0.717, 1.165) is 21.8 Å². The van der Waals surface area contributed by atoms with Crippen LogP contribution in [0.2, 0.25) is 0 Å². The van der Waals surface area contributed by atoms with Crippen LogP contribution in [0.3, 0.4) is 0 Å². The maximum Gasteiger partial charge on any atom is 0.221 e. The standard InChI is InChI=1S/C21H16N2OS/c1-14(24)22-17-10-6-15(7-11-17)8-13-20-23-21-18-5-3-2-4-16(18)9-12-19(21)25-20/h2-13H,1H3,(H,22,24)/b13-8+. The van der Waals surface area contributed by atoms with E-state index < -0.39 is 0 Å². The zero-order valence-corrected chi connectivity index (χ0v) is 14.5. The highest BCUT2D eigenvalue weighted by molar-refractivity contribution is 7.19. The third kappa shape index (κ3) is 3.30. The average Bonchev–Trinajstić information content (AvgIpc) is 3.04. The molecule has 0 aliphatic heterocycles. The van der Waals surface area contributed by atoms with Crippen molar-refractivity contribution in [3.63, 3.8) is 0 Å². The van der Waals surface area contributed by atoms with E-state index in [4.69, 9.17) is 4.98 Å². The van der Waals surface area contributed by atoms with Crippen LogP contribution in [0.1, 0.15) is 17.5 Å². The Hall–Kier alpha value is -2.98. The predicted octanol–water partition coefficient (Wildman–Crippen LogP) is 5.58. The Morgan fingerprint density at radius 3 is 2.60 bits per heavy atom. The second-order valence-corrected chi connectivity index (χ2v) is 6.88. The molecule has 0 fully saturated rings. The summed E-state index contributed by atoms with van der Waals surface area (Å²) in [5.41, 5.74) is 2.93. The maximum atomic E-state index is 11.1. The van der Waals surface area contributed by atoms with Gasteiger partial charge in [-0.25, -0.2) is 4.98 Å². The minimum absolute atomic E-state index is 0.0648. The Kier molecular flexibility index (Phi) is 4.04. The van der Waals surface area contributed by atoms with Gasteiger partial charge in [0.15, 0.2) is 0 Å². The summed E-state index contributed by atoms with van der Waals surface area (Å²) < 4.78 is 1.19. The van der Waals surface area contributed by atoms with Crippen LogP contribution in [0.15, 0.2) is 60.7 Å². The lowest BCUT2D eigenvalue weighted by Crippen LogP contribution is -2.05. The number of hydrogen-bond acceptors (Lipinski definition) is 3. The topological polar surface area (TPSA) is 42.0 Å². The van der Waals surface area contributed by atoms with E-state index in [9.17, 15) is 4.79 Å². The number of fused-ring (bicyclic) bond motifs is 3. The van der Waals surface area contributed by atoms with E-state index in [-0.39, 0.29) is 5.91 Å². The highest BCUT2D eigenvalue weighted by Crippen LogP contribution is 2.30. The number of thiazole rings is 1. The number of nitrogens with zero attached hydrogens (tertiary/aromatic N) is 1. The van der Waals surface area contributed by atoms with Gasteiger partial charge in [0.2, 0.25) is 5.91 Å². The first-order valence-electron chi connectivity index (χ1n) is 8.03. The van der Waals surface area contributed by atoms with Crippen molar-refractivity contribution in [2.75, 3.05) is 5.32 Å². The molecule has 1 heterocycles. The fraction of sp³-hybridized carbons (Fsp3) is 0.0476. The van der Waals surface area contributed by atoms with Crippen molar-refractivity contribution in [2.24, 2.45) is 0 Å². The number of carbonyl (C=O) groups is 1. The van der Waals surface area contributed by atoms with Crippen molar-refractivity contribution >= 4 is 56.1 Å². The highest BCUT2D eigenvalue weighted by atomic mass is 32.1. The molecule has 0 spiro atoms. The summed E-state index contributed by atoms with van der Waals surface area (Å²) in [7, 11) is 0. The summed E-state index contributed by atoms with van der Waals surface area (Å²) in [4.78, 5) is 15.8. The highest BCUT2D eigenvalue weighted by Gasteiger charge is 2.05. The lowest BCUT2D eigenvalue weighted by Gasteiger charge is -2.01. The first kappa shape index (κ1) is 15.5. The van der Waals surface area contributed by atoms with Crippen LogP contribution < -0.4 is 5.32 Å². The molecule has 3 nitrogen and oxygen atoms in total. The van der Waals surface area contributed by atoms with Crippen molar-refractivity contribution in [3.8, 4) is 0 Å². The maximum absolute atomic E-state index is 11.1. The molecule has 0 aliphatic carbocycles. The van der Waals surface area contributed by atoms with Crippen molar-refractivity contribution in [1.82, 2.24) is 4.98 Å². The Bertz CT molecular complexity index is 1090. The van der Waals surface area contributed by atoms with E-state index in [1.54, 1.807) is 11.3 Å². The monoisotopic (exact) mass is 344 g/mol. The molecule has 1 aromatic heterocycles. The molecule has 122 valence electrons. The molecule has 1 N–H and O–H groups in total. The number of benzene rings is 3. The van der Waals surface area contributed by atoms with Crippen LogP contribution in [0.5, 0.6) is 0 Å². The minimum atomic E-state index is -0.0648. The number of rotatable bonds is 3. The molecular weight excluding hydrogens is 328 g/mol. The van der Waals surface area contributed by atoms with Crippen LogP contribution in [-0.2, 0) is 4.79 Å². The lowest BCUT2D eigenvalue weighted by molar-refractivity contribution is -0.114. The van der Waals surface area contributed by atoms with Crippen LogP contribution in [0.25, 0.3) is 33.1 Å². The third-order valence-corrected chi connectivity index (χ3v) is 4.94. The number of hydrogen-bond donors (Lipinski definition) is 1. The zero-order valence-electron chi connectivity index (χ0n) is 13.7. The Balaban J connectivity index is 1.63. The van der Waals surface area contributed by atoms with E-state index in [1.165, 1.54) is 22.4 Å². The molecule has 0 saturated heterocycles. The molecule has 0 unspecified atom stereocenters. The predicted molar refractivity (Wildman–Crippen MR) is 107 cm³/mol. The second-order valence-electron chi connectivity index (χ2n) is 5.82. The molecule has 4 aromatic rings. The van der Waals surface area contributed by atoms with Gasteiger partial charge in [-0.3, -0.25) is 4.79 Å². The smallest absolute Gasteiger partial charge is 0.221 e. The van der Waals surface area contributed by atoms with Crippen LogP contribution in [0, 0.1) is 0 Å². The molecular formula is C21H16N2OS. The first-order valence-corrected chi connectivity index (χ1v) is 8.85. The Labute approximate surface area is 149 Å². The van der Waals surface area contributed by atoms with E-state index in [1.807, 2.05) is 48.6 Å². The van der Waals surface area contributed by atoms with Crippen LogP contribution in [-0.4, -0.2) is 10.9 Å². The average molecular weight is 344 g/mol. The van der Waals surface area contributed by atoms with Gasteiger partial charge in [-0.2, -0.15) is 0 Å². The molecule has 4 heteroatoms. The summed E-state index contributed by atoms with van der Waals surface area (Å²) in [5, 5.41) is 6.15. The molecule has 0 radical (unpaired) electrons. The normalized spacial score (nSPS) is 11.4. The molecule has 0 aliphatic rings. The minimum Gasteiger partial charge on any atom is -0.326 e. The summed E-state index contributed by atoms with van der Waals surface area (Å²) in [6.45, 7) is 1.50. The molecule has 0 atom stereocenters. The van der Waals surface area contributed by atoms with Gasteiger partial charge in [0, 0.05) is 18.0 Å². The van der Waals surface area contributed by atoms with Gasteiger partial charge in [-0.15, -0.1) is 11.3 Å². The van der Waals surface area contributed by atoms with Gasteiger partial charge in [-0.05, 0) is 35.2 Å². The molecule has 3 aromatic carbocycles. The number of nitrogens with one attached hydrogen (secondary N) is 1. The summed E-state index contributed by atoms with van der Waals surface area (Å²) in [6.07, 6.45) is 4.07. The van der Waals surface area contributed by atoms with Gasteiger partial charge in [0.25, 0.3) is 0 Å². The van der Waals surface area contributed by atoms with Gasteiger partial charge < -0.3 is 5.32 Å². The fourth-order valence-corrected chi connectivity index (χ4v) is 3.68. The van der Waals surface area contributed by atoms with Crippen molar-refractivity contribution in [1.29, 1.82) is 0 Å². The van der Waals surface area contributed by atoms with E-state index in [2.05, 4.69) is 29.6 Å². The van der Waals surface area contributed by atoms with Gasteiger partial charge >= 0.3 is 0 Å². The van der Waals surface area contributed by atoms with Gasteiger partial charge in [0.1, 0.15) is 5.01 Å². The summed E-state index contributed by atoms with van der Waals surface area (Å²) >= 11 is 1.69. The Morgan fingerprint density at radius 1 is 1.00 bits per heavy atom. The van der Waals surface area contributed by atoms with Crippen molar-refractivity contribution in [2.45, 2.75) is 6.92 Å².